The molecule has 1 atom stereocenters. The van der Waals surface area contributed by atoms with Gasteiger partial charge in [-0.05, 0) is 29.3 Å². The largest absolute Gasteiger partial charge is 0.375 e. The average Bonchev–Trinajstić information content (AvgIpc) is 3.17. The van der Waals surface area contributed by atoms with Gasteiger partial charge in [-0.3, -0.25) is 14.9 Å². The lowest BCUT2D eigenvalue weighted by atomic mass is 10.0. The molecule has 7 heteroatoms. The lowest BCUT2D eigenvalue weighted by molar-refractivity contribution is -0.120. The van der Waals surface area contributed by atoms with Crippen molar-refractivity contribution in [1.82, 2.24) is 20.5 Å². The molecule has 0 fully saturated rings. The van der Waals surface area contributed by atoms with Crippen molar-refractivity contribution < 1.29 is 9.18 Å². The Labute approximate surface area is 173 Å². The maximum atomic E-state index is 13.9. The molecule has 0 radical (unpaired) electrons. The number of aromatic nitrogens is 3. The van der Waals surface area contributed by atoms with Gasteiger partial charge in [0, 0.05) is 30.9 Å². The van der Waals surface area contributed by atoms with Crippen molar-refractivity contribution >= 4 is 22.5 Å². The zero-order valence-electron chi connectivity index (χ0n) is 16.5. The quantitative estimate of drug-likeness (QED) is 0.426. The summed E-state index contributed by atoms with van der Waals surface area (Å²) >= 11 is 0. The molecule has 0 aliphatic heterocycles. The van der Waals surface area contributed by atoms with Crippen molar-refractivity contribution in [3.05, 3.63) is 78.5 Å². The van der Waals surface area contributed by atoms with Crippen LogP contribution in [0.4, 0.5) is 10.1 Å². The number of nitrogens with one attached hydrogen (secondary N) is 3. The highest BCUT2D eigenvalue weighted by atomic mass is 19.1. The SMILES string of the molecule is CCC(=O)NC[C@H](Nc1cncc(-c2ccc3n[nH]c(F)c3c2)c1)c1ccccc1. The molecule has 30 heavy (non-hydrogen) atoms. The fourth-order valence-corrected chi connectivity index (χ4v) is 3.31. The second-order valence-electron chi connectivity index (χ2n) is 7.00. The molecule has 2 aromatic carbocycles. The van der Waals surface area contributed by atoms with Gasteiger partial charge in [-0.15, -0.1) is 0 Å². The first kappa shape index (κ1) is 19.6. The van der Waals surface area contributed by atoms with Gasteiger partial charge in [0.15, 0.2) is 0 Å². The summed E-state index contributed by atoms with van der Waals surface area (Å²) < 4.78 is 13.9. The molecule has 2 heterocycles. The summed E-state index contributed by atoms with van der Waals surface area (Å²) in [5, 5.41) is 13.1. The Morgan fingerprint density at radius 1 is 1.10 bits per heavy atom. The Morgan fingerprint density at radius 2 is 1.93 bits per heavy atom. The first-order valence-corrected chi connectivity index (χ1v) is 9.81. The van der Waals surface area contributed by atoms with Gasteiger partial charge < -0.3 is 10.6 Å². The minimum atomic E-state index is -0.454. The van der Waals surface area contributed by atoms with E-state index in [-0.39, 0.29) is 11.9 Å². The van der Waals surface area contributed by atoms with Gasteiger partial charge in [0.1, 0.15) is 0 Å². The number of aromatic amines is 1. The summed E-state index contributed by atoms with van der Waals surface area (Å²) in [5.41, 5.74) is 4.14. The topological polar surface area (TPSA) is 82.7 Å². The van der Waals surface area contributed by atoms with Crippen LogP contribution in [0, 0.1) is 5.95 Å². The highest BCUT2D eigenvalue weighted by molar-refractivity contribution is 5.84. The first-order valence-electron chi connectivity index (χ1n) is 9.81. The van der Waals surface area contributed by atoms with Crippen LogP contribution in [0.3, 0.4) is 0 Å². The van der Waals surface area contributed by atoms with Crippen LogP contribution in [0.5, 0.6) is 0 Å². The van der Waals surface area contributed by atoms with E-state index in [2.05, 4.69) is 25.8 Å². The third-order valence-electron chi connectivity index (χ3n) is 4.95. The van der Waals surface area contributed by atoms with Crippen LogP contribution in [0.1, 0.15) is 24.9 Å². The minimum Gasteiger partial charge on any atom is -0.375 e. The van der Waals surface area contributed by atoms with Crippen LogP contribution in [0.25, 0.3) is 22.0 Å². The number of benzene rings is 2. The molecule has 0 bridgehead atoms. The summed E-state index contributed by atoms with van der Waals surface area (Å²) in [4.78, 5) is 16.1. The van der Waals surface area contributed by atoms with E-state index in [0.29, 0.717) is 23.9 Å². The monoisotopic (exact) mass is 403 g/mol. The number of fused-ring (bicyclic) bond motifs is 1. The van der Waals surface area contributed by atoms with E-state index in [4.69, 9.17) is 0 Å². The van der Waals surface area contributed by atoms with Gasteiger partial charge in [-0.1, -0.05) is 43.3 Å². The smallest absolute Gasteiger partial charge is 0.219 e. The highest BCUT2D eigenvalue weighted by Gasteiger charge is 2.14. The lowest BCUT2D eigenvalue weighted by Gasteiger charge is -2.21. The number of hydrogen-bond donors (Lipinski definition) is 3. The number of halogens is 1. The van der Waals surface area contributed by atoms with Gasteiger partial charge in [0.25, 0.3) is 0 Å². The van der Waals surface area contributed by atoms with Gasteiger partial charge in [-0.25, -0.2) is 0 Å². The van der Waals surface area contributed by atoms with E-state index >= 15 is 0 Å². The molecule has 152 valence electrons. The Kier molecular flexibility index (Phi) is 5.70. The Bertz CT molecular complexity index is 1160. The van der Waals surface area contributed by atoms with Crippen molar-refractivity contribution in [3.63, 3.8) is 0 Å². The molecule has 6 nitrogen and oxygen atoms in total. The Morgan fingerprint density at radius 3 is 2.73 bits per heavy atom. The summed E-state index contributed by atoms with van der Waals surface area (Å²) in [6.07, 6.45) is 3.91. The Hall–Kier alpha value is -3.74. The average molecular weight is 403 g/mol. The van der Waals surface area contributed by atoms with Gasteiger partial charge in [0.2, 0.25) is 11.9 Å². The number of carbonyl (C=O) groups excluding carboxylic acids is 1. The molecule has 3 N–H and O–H groups in total. The number of amides is 1. The van der Waals surface area contributed by atoms with Crippen molar-refractivity contribution in [2.45, 2.75) is 19.4 Å². The van der Waals surface area contributed by atoms with Gasteiger partial charge >= 0.3 is 0 Å². The summed E-state index contributed by atoms with van der Waals surface area (Å²) in [6, 6.07) is 17.2. The van der Waals surface area contributed by atoms with Crippen LogP contribution >= 0.6 is 0 Å². The van der Waals surface area contributed by atoms with Crippen molar-refractivity contribution in [2.24, 2.45) is 0 Å². The second-order valence-corrected chi connectivity index (χ2v) is 7.00. The van der Waals surface area contributed by atoms with E-state index in [1.165, 1.54) is 0 Å². The maximum Gasteiger partial charge on any atom is 0.219 e. The summed E-state index contributed by atoms with van der Waals surface area (Å²) in [6.45, 7) is 2.28. The fraction of sp³-hybridized carbons (Fsp3) is 0.174. The number of hydrogen-bond acceptors (Lipinski definition) is 4. The summed E-state index contributed by atoms with van der Waals surface area (Å²) in [7, 11) is 0. The van der Waals surface area contributed by atoms with Crippen molar-refractivity contribution in [2.75, 3.05) is 11.9 Å². The Balaban J connectivity index is 1.60. The zero-order valence-corrected chi connectivity index (χ0v) is 16.5. The molecule has 0 unspecified atom stereocenters. The number of H-pyrrole nitrogens is 1. The first-order chi connectivity index (χ1) is 14.6. The van der Waals surface area contributed by atoms with Crippen LogP contribution < -0.4 is 10.6 Å². The normalized spacial score (nSPS) is 11.9. The molecule has 0 saturated heterocycles. The molecular formula is C23H22FN5O. The molecule has 0 saturated carbocycles. The number of nitrogens with zero attached hydrogens (tertiary/aromatic N) is 2. The molecule has 4 rings (SSSR count). The molecule has 4 aromatic rings. The molecule has 2 aromatic heterocycles. The predicted octanol–water partition coefficient (Wildman–Crippen LogP) is 4.44. The number of pyridine rings is 1. The standard InChI is InChI=1S/C23H22FN5O/c1-2-22(30)26-14-21(15-6-4-3-5-7-15)27-18-10-17(12-25-13-18)16-8-9-20-19(11-16)23(24)29-28-20/h3-13,21,27H,2,14H2,1H3,(H,26,30)(H,28,29)/t21-/m0/s1. The molecular weight excluding hydrogens is 381 g/mol. The molecule has 0 aliphatic carbocycles. The van der Waals surface area contributed by atoms with E-state index in [9.17, 15) is 9.18 Å². The number of carbonyl (C=O) groups is 1. The third kappa shape index (κ3) is 4.30. The number of rotatable bonds is 7. The van der Waals surface area contributed by atoms with E-state index in [0.717, 1.165) is 22.4 Å². The third-order valence-corrected chi connectivity index (χ3v) is 4.95. The molecule has 0 aliphatic rings. The predicted molar refractivity (Wildman–Crippen MR) is 115 cm³/mol. The van der Waals surface area contributed by atoms with Crippen LogP contribution in [0.15, 0.2) is 67.0 Å². The van der Waals surface area contributed by atoms with E-state index in [1.807, 2.05) is 49.4 Å². The van der Waals surface area contributed by atoms with Crippen LogP contribution in [-0.4, -0.2) is 27.6 Å². The summed E-state index contributed by atoms with van der Waals surface area (Å²) in [5.74, 6) is -0.454. The van der Waals surface area contributed by atoms with E-state index in [1.54, 1.807) is 24.5 Å². The van der Waals surface area contributed by atoms with Gasteiger partial charge in [0.05, 0.1) is 22.6 Å². The second kappa shape index (κ2) is 8.73. The number of anilines is 1. The van der Waals surface area contributed by atoms with Crippen LogP contribution in [-0.2, 0) is 4.79 Å². The van der Waals surface area contributed by atoms with Crippen molar-refractivity contribution in [1.29, 1.82) is 0 Å². The maximum absolute atomic E-state index is 13.9. The lowest BCUT2D eigenvalue weighted by Crippen LogP contribution is -2.31. The minimum absolute atomic E-state index is 0.0000445. The van der Waals surface area contributed by atoms with Gasteiger partial charge in [-0.2, -0.15) is 9.49 Å². The zero-order chi connectivity index (χ0) is 20.9. The van der Waals surface area contributed by atoms with Crippen molar-refractivity contribution in [3.8, 4) is 11.1 Å². The van der Waals surface area contributed by atoms with Crippen LogP contribution in [0.2, 0.25) is 0 Å². The van der Waals surface area contributed by atoms with E-state index < -0.39 is 5.95 Å². The molecule has 0 spiro atoms. The molecule has 1 amide bonds. The highest BCUT2D eigenvalue weighted by Crippen LogP contribution is 2.27. The fourth-order valence-electron chi connectivity index (χ4n) is 3.31.